The molecule has 2 saturated heterocycles. The number of benzene rings is 1. The molecule has 6 heteroatoms. The molecule has 156 valence electrons. The van der Waals surface area contributed by atoms with Crippen LogP contribution in [0.3, 0.4) is 0 Å². The molecule has 7 rings (SSSR count). The van der Waals surface area contributed by atoms with E-state index >= 15 is 0 Å². The molecule has 0 unspecified atom stereocenters. The second-order valence-electron chi connectivity index (χ2n) is 10.1. The number of hydrogen-bond donors (Lipinski definition) is 2. The number of aromatic hydroxyl groups is 1. The Labute approximate surface area is 170 Å². The highest BCUT2D eigenvalue weighted by Gasteiger charge is 2.77. The van der Waals surface area contributed by atoms with Crippen molar-refractivity contribution >= 4 is 0 Å². The highest BCUT2D eigenvalue weighted by molar-refractivity contribution is 5.62. The van der Waals surface area contributed by atoms with E-state index in [1.54, 1.807) is 6.07 Å². The van der Waals surface area contributed by atoms with Gasteiger partial charge in [0.1, 0.15) is 0 Å². The van der Waals surface area contributed by atoms with Crippen molar-refractivity contribution in [3.8, 4) is 11.5 Å². The van der Waals surface area contributed by atoms with Gasteiger partial charge < -0.3 is 24.4 Å². The average Bonchev–Trinajstić information content (AvgIpc) is 3.28. The van der Waals surface area contributed by atoms with Gasteiger partial charge in [-0.25, -0.2) is 0 Å². The predicted octanol–water partition coefficient (Wildman–Crippen LogP) is 2.09. The van der Waals surface area contributed by atoms with Crippen LogP contribution in [-0.4, -0.2) is 65.0 Å². The summed E-state index contributed by atoms with van der Waals surface area (Å²) in [6.45, 7) is 3.16. The molecule has 2 bridgehead atoms. The number of ether oxygens (including phenoxy) is 3. The van der Waals surface area contributed by atoms with Crippen molar-refractivity contribution in [3.63, 3.8) is 0 Å². The summed E-state index contributed by atoms with van der Waals surface area (Å²) in [5.41, 5.74) is 0.788. The van der Waals surface area contributed by atoms with Gasteiger partial charge in [-0.15, -0.1) is 0 Å². The Hall–Kier alpha value is -1.34. The fraction of sp³-hybridized carbons (Fsp3) is 0.739. The predicted molar refractivity (Wildman–Crippen MR) is 104 cm³/mol. The third-order valence-electron chi connectivity index (χ3n) is 9.07. The minimum absolute atomic E-state index is 0.0877. The third-order valence-corrected chi connectivity index (χ3v) is 9.07. The van der Waals surface area contributed by atoms with Crippen LogP contribution in [0.4, 0.5) is 0 Å². The maximum absolute atomic E-state index is 12.4. The summed E-state index contributed by atoms with van der Waals surface area (Å²) in [5, 5.41) is 23.0. The second kappa shape index (κ2) is 5.47. The molecular weight excluding hydrogens is 370 g/mol. The van der Waals surface area contributed by atoms with Crippen LogP contribution in [0.1, 0.15) is 49.7 Å². The highest BCUT2D eigenvalue weighted by Crippen LogP contribution is 2.68. The number of phenolic OH excluding ortho intramolecular Hbond substituents is 1. The van der Waals surface area contributed by atoms with Gasteiger partial charge in [-0.2, -0.15) is 0 Å². The molecule has 29 heavy (non-hydrogen) atoms. The minimum atomic E-state index is -0.883. The molecule has 0 amide bonds. The summed E-state index contributed by atoms with van der Waals surface area (Å²) in [4.78, 5) is 2.56. The quantitative estimate of drug-likeness (QED) is 0.794. The van der Waals surface area contributed by atoms with E-state index in [1.165, 1.54) is 24.8 Å². The minimum Gasteiger partial charge on any atom is -0.504 e. The lowest BCUT2D eigenvalue weighted by atomic mass is 9.48. The van der Waals surface area contributed by atoms with E-state index in [0.717, 1.165) is 37.4 Å². The number of fused-ring (bicyclic) bond motifs is 1. The molecule has 3 aliphatic carbocycles. The van der Waals surface area contributed by atoms with Crippen molar-refractivity contribution in [2.75, 3.05) is 26.3 Å². The SMILES string of the molecule is Oc1ccc2c3c1O[C@H]1C4(CC[C@@]5(O)[C@@H](C2)N(CC2CCC2)CC[C@]315)OCCO4. The van der Waals surface area contributed by atoms with Crippen LogP contribution in [0.15, 0.2) is 12.1 Å². The zero-order valence-electron chi connectivity index (χ0n) is 16.7. The first kappa shape index (κ1) is 17.4. The Kier molecular flexibility index (Phi) is 3.27. The first-order valence-corrected chi connectivity index (χ1v) is 11.3. The number of hydrogen-bond acceptors (Lipinski definition) is 6. The molecule has 6 nitrogen and oxygen atoms in total. The maximum Gasteiger partial charge on any atom is 0.207 e. The van der Waals surface area contributed by atoms with E-state index < -0.39 is 22.9 Å². The Morgan fingerprint density at radius 2 is 1.93 bits per heavy atom. The fourth-order valence-electron chi connectivity index (χ4n) is 7.58. The Morgan fingerprint density at radius 3 is 2.69 bits per heavy atom. The van der Waals surface area contributed by atoms with E-state index in [4.69, 9.17) is 14.2 Å². The van der Waals surface area contributed by atoms with Gasteiger partial charge in [-0.1, -0.05) is 12.5 Å². The lowest BCUT2D eigenvalue weighted by molar-refractivity contribution is -0.297. The van der Waals surface area contributed by atoms with Crippen LogP contribution >= 0.6 is 0 Å². The summed E-state index contributed by atoms with van der Waals surface area (Å²) in [5.74, 6) is 0.680. The average molecular weight is 399 g/mol. The lowest BCUT2D eigenvalue weighted by Gasteiger charge is -2.65. The van der Waals surface area contributed by atoms with Crippen molar-refractivity contribution in [1.29, 1.82) is 0 Å². The number of rotatable bonds is 2. The first-order chi connectivity index (χ1) is 14.1. The number of nitrogens with zero attached hydrogens (tertiary/aromatic N) is 1. The number of aliphatic hydroxyl groups is 1. The topological polar surface area (TPSA) is 71.4 Å². The van der Waals surface area contributed by atoms with E-state index in [9.17, 15) is 10.2 Å². The van der Waals surface area contributed by atoms with E-state index in [1.807, 2.05) is 6.07 Å². The summed E-state index contributed by atoms with van der Waals surface area (Å²) in [6, 6.07) is 3.88. The molecule has 6 aliphatic rings. The maximum atomic E-state index is 12.4. The Bertz CT molecular complexity index is 878. The van der Waals surface area contributed by atoms with E-state index in [-0.39, 0.29) is 11.8 Å². The van der Waals surface area contributed by atoms with Crippen molar-refractivity contribution in [2.45, 2.75) is 73.9 Å². The lowest BCUT2D eigenvalue weighted by Crippen LogP contribution is -2.79. The Morgan fingerprint density at radius 1 is 1.10 bits per heavy atom. The second-order valence-corrected chi connectivity index (χ2v) is 10.1. The van der Waals surface area contributed by atoms with Crippen LogP contribution in [0.25, 0.3) is 0 Å². The molecule has 1 aromatic rings. The molecule has 0 radical (unpaired) electrons. The standard InChI is InChI=1S/C23H29NO5/c25-16-5-4-15-12-17-22(26)6-7-23(27-10-11-28-23)20-21(22,18(15)19(16)29-20)8-9-24(17)13-14-2-1-3-14/h4-5,14,17,20,25-26H,1-3,6-13H2/t17-,20-,21+,22-/m1/s1. The summed E-state index contributed by atoms with van der Waals surface area (Å²) < 4.78 is 18.8. The molecule has 0 aromatic heterocycles. The molecule has 1 aromatic carbocycles. The van der Waals surface area contributed by atoms with Crippen LogP contribution in [0.2, 0.25) is 0 Å². The van der Waals surface area contributed by atoms with Gasteiger partial charge in [0.05, 0.1) is 24.2 Å². The molecule has 2 spiro atoms. The summed E-state index contributed by atoms with van der Waals surface area (Å²) in [6.07, 6.45) is 6.48. The zero-order chi connectivity index (χ0) is 19.4. The highest BCUT2D eigenvalue weighted by atomic mass is 16.8. The fourth-order valence-corrected chi connectivity index (χ4v) is 7.58. The van der Waals surface area contributed by atoms with Crippen molar-refractivity contribution in [3.05, 3.63) is 23.3 Å². The molecule has 3 aliphatic heterocycles. The molecule has 4 atom stereocenters. The van der Waals surface area contributed by atoms with Crippen LogP contribution in [0, 0.1) is 5.92 Å². The summed E-state index contributed by atoms with van der Waals surface area (Å²) in [7, 11) is 0. The van der Waals surface area contributed by atoms with Gasteiger partial charge >= 0.3 is 0 Å². The van der Waals surface area contributed by atoms with Gasteiger partial charge in [0.25, 0.3) is 0 Å². The van der Waals surface area contributed by atoms with E-state index in [0.29, 0.717) is 31.8 Å². The normalized spacial score (nSPS) is 41.8. The number of piperidine rings is 1. The largest absolute Gasteiger partial charge is 0.504 e. The van der Waals surface area contributed by atoms with Crippen LogP contribution in [0.5, 0.6) is 11.5 Å². The van der Waals surface area contributed by atoms with Crippen molar-refractivity contribution in [1.82, 2.24) is 4.90 Å². The third kappa shape index (κ3) is 1.89. The monoisotopic (exact) mass is 399 g/mol. The van der Waals surface area contributed by atoms with Gasteiger partial charge in [-0.3, -0.25) is 4.90 Å². The van der Waals surface area contributed by atoms with Gasteiger partial charge in [0.15, 0.2) is 17.6 Å². The van der Waals surface area contributed by atoms with Gasteiger partial charge in [0, 0.05) is 24.6 Å². The van der Waals surface area contributed by atoms with Gasteiger partial charge in [0.2, 0.25) is 5.79 Å². The molecule has 2 N–H and O–H groups in total. The molecule has 4 fully saturated rings. The molecular formula is C23H29NO5. The first-order valence-electron chi connectivity index (χ1n) is 11.3. The zero-order valence-corrected chi connectivity index (χ0v) is 16.7. The smallest absolute Gasteiger partial charge is 0.207 e. The van der Waals surface area contributed by atoms with E-state index in [2.05, 4.69) is 4.90 Å². The number of phenols is 1. The van der Waals surface area contributed by atoms with Crippen molar-refractivity contribution < 1.29 is 24.4 Å². The van der Waals surface area contributed by atoms with Crippen molar-refractivity contribution in [2.24, 2.45) is 5.92 Å². The van der Waals surface area contributed by atoms with Crippen LogP contribution < -0.4 is 4.74 Å². The van der Waals surface area contributed by atoms with Crippen LogP contribution in [-0.2, 0) is 21.3 Å². The molecule has 2 saturated carbocycles. The Balaban J connectivity index is 1.41. The molecule has 3 heterocycles. The summed E-state index contributed by atoms with van der Waals surface area (Å²) >= 11 is 0. The van der Waals surface area contributed by atoms with Gasteiger partial charge in [-0.05, 0) is 56.2 Å². The number of likely N-dealkylation sites (tertiary alicyclic amines) is 1.